The third-order valence-corrected chi connectivity index (χ3v) is 5.27. The smallest absolute Gasteiger partial charge is 0.251 e. The Morgan fingerprint density at radius 2 is 1.64 bits per heavy atom. The molecule has 33 heavy (non-hydrogen) atoms. The molecule has 1 atom stereocenters. The molecule has 3 N–H and O–H groups in total. The van der Waals surface area contributed by atoms with Gasteiger partial charge in [-0.2, -0.15) is 0 Å². The molecule has 0 aromatic heterocycles. The Labute approximate surface area is 198 Å². The third kappa shape index (κ3) is 6.36. The van der Waals surface area contributed by atoms with E-state index in [1.54, 1.807) is 6.07 Å². The summed E-state index contributed by atoms with van der Waals surface area (Å²) in [7, 11) is 1.51. The number of carbonyl (C=O) groups is 1. The van der Waals surface area contributed by atoms with Gasteiger partial charge in [-0.25, -0.2) is 0 Å². The molecule has 7 nitrogen and oxygen atoms in total. The number of nitrogens with one attached hydrogen (secondary N) is 3. The highest BCUT2D eigenvalue weighted by atomic mass is 32.1. The topological polar surface area (TPSA) is 91.8 Å². The summed E-state index contributed by atoms with van der Waals surface area (Å²) in [4.78, 5) is 24.1. The number of benzene rings is 3. The SMILES string of the molecule is COc1ccc(N=O)cc1NC(=S)NC(C(=O)Nc1ccc(C(C)C)cc1)c1ccccc1. The normalized spacial score (nSPS) is 11.4. The minimum absolute atomic E-state index is 0.190. The van der Waals surface area contributed by atoms with E-state index in [2.05, 4.69) is 35.0 Å². The van der Waals surface area contributed by atoms with Crippen molar-refractivity contribution in [2.75, 3.05) is 17.7 Å². The number of carbonyl (C=O) groups excluding carboxylic acids is 1. The zero-order valence-electron chi connectivity index (χ0n) is 18.7. The van der Waals surface area contributed by atoms with Crippen molar-refractivity contribution in [3.05, 3.63) is 88.8 Å². The van der Waals surface area contributed by atoms with Gasteiger partial charge in [0.05, 0.1) is 12.8 Å². The second kappa shape index (κ2) is 11.2. The van der Waals surface area contributed by atoms with Gasteiger partial charge in [0, 0.05) is 5.69 Å². The van der Waals surface area contributed by atoms with Gasteiger partial charge in [-0.1, -0.05) is 56.3 Å². The zero-order chi connectivity index (χ0) is 23.8. The highest BCUT2D eigenvalue weighted by Crippen LogP contribution is 2.29. The fourth-order valence-corrected chi connectivity index (χ4v) is 3.48. The summed E-state index contributed by atoms with van der Waals surface area (Å²) in [5, 5.41) is 12.1. The second-order valence-corrected chi connectivity index (χ2v) is 8.09. The summed E-state index contributed by atoms with van der Waals surface area (Å²) in [6.07, 6.45) is 0. The lowest BCUT2D eigenvalue weighted by Crippen LogP contribution is -2.39. The molecule has 1 unspecified atom stereocenters. The molecule has 0 saturated carbocycles. The van der Waals surface area contributed by atoms with E-state index >= 15 is 0 Å². The van der Waals surface area contributed by atoms with Crippen LogP contribution in [0.2, 0.25) is 0 Å². The van der Waals surface area contributed by atoms with E-state index < -0.39 is 6.04 Å². The van der Waals surface area contributed by atoms with Gasteiger partial charge in [-0.05, 0) is 64.8 Å². The van der Waals surface area contributed by atoms with Gasteiger partial charge in [0.1, 0.15) is 17.5 Å². The number of nitroso groups, excluding NO2 is 1. The molecule has 8 heteroatoms. The lowest BCUT2D eigenvalue weighted by Gasteiger charge is -2.22. The number of anilines is 2. The fourth-order valence-electron chi connectivity index (χ4n) is 3.25. The van der Waals surface area contributed by atoms with Crippen LogP contribution in [0.4, 0.5) is 17.1 Å². The average molecular weight is 463 g/mol. The monoisotopic (exact) mass is 462 g/mol. The number of nitrogens with zero attached hydrogens (tertiary/aromatic N) is 1. The second-order valence-electron chi connectivity index (χ2n) is 7.68. The van der Waals surface area contributed by atoms with Crippen molar-refractivity contribution >= 4 is 40.3 Å². The lowest BCUT2D eigenvalue weighted by atomic mass is 10.0. The molecule has 3 rings (SSSR count). The van der Waals surface area contributed by atoms with Crippen molar-refractivity contribution in [2.24, 2.45) is 5.18 Å². The quantitative estimate of drug-likeness (QED) is 0.286. The van der Waals surface area contributed by atoms with E-state index in [4.69, 9.17) is 17.0 Å². The summed E-state index contributed by atoms with van der Waals surface area (Å²) in [5.74, 6) is 0.622. The Balaban J connectivity index is 1.79. The lowest BCUT2D eigenvalue weighted by molar-refractivity contribution is -0.117. The molecule has 170 valence electrons. The van der Waals surface area contributed by atoms with E-state index in [0.717, 1.165) is 5.56 Å². The largest absolute Gasteiger partial charge is 0.495 e. The number of thiocarbonyl (C=S) groups is 1. The fraction of sp³-hybridized carbons (Fsp3) is 0.200. The Morgan fingerprint density at radius 1 is 0.939 bits per heavy atom. The third-order valence-electron chi connectivity index (χ3n) is 5.05. The summed E-state index contributed by atoms with van der Waals surface area (Å²) in [6, 6.07) is 21.0. The van der Waals surface area contributed by atoms with Crippen LogP contribution in [0.5, 0.6) is 5.75 Å². The van der Waals surface area contributed by atoms with Gasteiger partial charge in [0.2, 0.25) is 0 Å². The molecule has 0 aliphatic heterocycles. The molecule has 0 saturated heterocycles. The Morgan fingerprint density at radius 3 is 2.24 bits per heavy atom. The van der Waals surface area contributed by atoms with Gasteiger partial charge in [-0.3, -0.25) is 4.79 Å². The van der Waals surface area contributed by atoms with Gasteiger partial charge >= 0.3 is 0 Å². The molecule has 1 amide bonds. The molecule has 0 fully saturated rings. The molecule has 0 aliphatic carbocycles. The standard InChI is InChI=1S/C25H26N4O3S/c1-16(2)17-9-11-19(12-10-17)26-24(30)23(18-7-5-4-6-8-18)28-25(33)27-21-15-20(29-31)13-14-22(21)32-3/h4-16,23H,1-3H3,(H,26,30)(H2,27,28,33). The van der Waals surface area contributed by atoms with Crippen LogP contribution in [0.15, 0.2) is 78.0 Å². The molecule has 3 aromatic carbocycles. The molecule has 0 bridgehead atoms. The number of hydrogen-bond acceptors (Lipinski definition) is 5. The van der Waals surface area contributed by atoms with Crippen molar-refractivity contribution in [2.45, 2.75) is 25.8 Å². The first kappa shape index (κ1) is 23.9. The summed E-state index contributed by atoms with van der Waals surface area (Å²) in [6.45, 7) is 4.24. The van der Waals surface area contributed by atoms with Crippen molar-refractivity contribution in [1.29, 1.82) is 0 Å². The number of hydrogen-bond donors (Lipinski definition) is 3. The maximum atomic E-state index is 13.2. The number of amides is 1. The molecule has 0 aliphatic rings. The van der Waals surface area contributed by atoms with Crippen LogP contribution < -0.4 is 20.7 Å². The van der Waals surface area contributed by atoms with Crippen LogP contribution in [-0.4, -0.2) is 18.1 Å². The molecule has 0 radical (unpaired) electrons. The molecule has 3 aromatic rings. The van der Waals surface area contributed by atoms with Crippen molar-refractivity contribution in [1.82, 2.24) is 5.32 Å². The predicted octanol–water partition coefficient (Wildman–Crippen LogP) is 5.88. The van der Waals surface area contributed by atoms with E-state index in [-0.39, 0.29) is 16.7 Å². The van der Waals surface area contributed by atoms with Crippen molar-refractivity contribution < 1.29 is 9.53 Å². The molecular formula is C25H26N4O3S. The van der Waals surface area contributed by atoms with E-state index in [1.165, 1.54) is 24.8 Å². The van der Waals surface area contributed by atoms with Crippen LogP contribution in [0.25, 0.3) is 0 Å². The van der Waals surface area contributed by atoms with Crippen LogP contribution in [0, 0.1) is 4.91 Å². The first-order chi connectivity index (χ1) is 15.9. The van der Waals surface area contributed by atoms with Gasteiger partial charge in [0.25, 0.3) is 5.91 Å². The molecular weight excluding hydrogens is 436 g/mol. The first-order valence-electron chi connectivity index (χ1n) is 10.5. The minimum atomic E-state index is -0.755. The van der Waals surface area contributed by atoms with Crippen LogP contribution >= 0.6 is 12.2 Å². The molecule has 0 spiro atoms. The van der Waals surface area contributed by atoms with Crippen LogP contribution in [0.3, 0.4) is 0 Å². The van der Waals surface area contributed by atoms with E-state index in [1.807, 2.05) is 54.6 Å². The summed E-state index contributed by atoms with van der Waals surface area (Å²) in [5.41, 5.74) is 3.31. The van der Waals surface area contributed by atoms with Gasteiger partial charge in [-0.15, -0.1) is 4.91 Å². The Kier molecular flexibility index (Phi) is 8.10. The van der Waals surface area contributed by atoms with Crippen LogP contribution in [0.1, 0.15) is 36.9 Å². The predicted molar refractivity (Wildman–Crippen MR) is 136 cm³/mol. The van der Waals surface area contributed by atoms with Crippen LogP contribution in [-0.2, 0) is 4.79 Å². The summed E-state index contributed by atoms with van der Waals surface area (Å²) < 4.78 is 5.32. The minimum Gasteiger partial charge on any atom is -0.495 e. The number of rotatable bonds is 8. The van der Waals surface area contributed by atoms with Gasteiger partial charge in [0.15, 0.2) is 5.11 Å². The van der Waals surface area contributed by atoms with Gasteiger partial charge < -0.3 is 20.7 Å². The zero-order valence-corrected chi connectivity index (χ0v) is 19.5. The molecule has 0 heterocycles. The Hall–Kier alpha value is -3.78. The number of ether oxygens (including phenoxy) is 1. The highest BCUT2D eigenvalue weighted by molar-refractivity contribution is 7.80. The first-order valence-corrected chi connectivity index (χ1v) is 10.9. The van der Waals surface area contributed by atoms with E-state index in [0.29, 0.717) is 23.0 Å². The Bertz CT molecular complexity index is 1120. The maximum absolute atomic E-state index is 13.2. The summed E-state index contributed by atoms with van der Waals surface area (Å²) >= 11 is 5.46. The van der Waals surface area contributed by atoms with Crippen molar-refractivity contribution in [3.63, 3.8) is 0 Å². The highest BCUT2D eigenvalue weighted by Gasteiger charge is 2.22. The maximum Gasteiger partial charge on any atom is 0.251 e. The van der Waals surface area contributed by atoms with E-state index in [9.17, 15) is 9.70 Å². The average Bonchev–Trinajstić information content (AvgIpc) is 2.83. The number of methoxy groups -OCH3 is 1. The van der Waals surface area contributed by atoms with Crippen molar-refractivity contribution in [3.8, 4) is 5.75 Å².